The highest BCUT2D eigenvalue weighted by Crippen LogP contribution is 2.34. The number of aryl methyl sites for hydroxylation is 1. The minimum atomic E-state index is -0.353. The Kier molecular flexibility index (Phi) is 3.89. The lowest BCUT2D eigenvalue weighted by Crippen LogP contribution is -2.55. The third kappa shape index (κ3) is 2.42. The molecule has 4 heteroatoms. The molecule has 1 unspecified atom stereocenters. The Morgan fingerprint density at radius 1 is 1.43 bits per heavy atom. The van der Waals surface area contributed by atoms with Gasteiger partial charge in [-0.05, 0) is 62.4 Å². The van der Waals surface area contributed by atoms with E-state index in [2.05, 4.69) is 18.3 Å². The number of fused-ring (bicyclic) bond motifs is 1. The molecule has 21 heavy (non-hydrogen) atoms. The number of carbonyl (C=O) groups is 1. The van der Waals surface area contributed by atoms with Gasteiger partial charge in [-0.2, -0.15) is 0 Å². The maximum absolute atomic E-state index is 13.1. The molecular weight excluding hydrogens is 264 g/mol. The van der Waals surface area contributed by atoms with Crippen molar-refractivity contribution in [1.29, 1.82) is 0 Å². The van der Waals surface area contributed by atoms with E-state index >= 15 is 0 Å². The largest absolute Gasteiger partial charge is 0.497 e. The summed E-state index contributed by atoms with van der Waals surface area (Å²) in [6.45, 7) is 3.87. The van der Waals surface area contributed by atoms with Gasteiger partial charge in [-0.1, -0.05) is 6.92 Å². The summed E-state index contributed by atoms with van der Waals surface area (Å²) in [6.07, 6.45) is 4.93. The zero-order chi connectivity index (χ0) is 14.9. The van der Waals surface area contributed by atoms with Gasteiger partial charge in [0.15, 0.2) is 0 Å². The second-order valence-electron chi connectivity index (χ2n) is 6.02. The molecule has 0 aliphatic carbocycles. The van der Waals surface area contributed by atoms with Gasteiger partial charge in [0.1, 0.15) is 5.75 Å². The first-order chi connectivity index (χ1) is 10.2. The average Bonchev–Trinajstić information content (AvgIpc) is 3.03. The lowest BCUT2D eigenvalue weighted by Gasteiger charge is -2.37. The van der Waals surface area contributed by atoms with Crippen LogP contribution in [0.15, 0.2) is 18.2 Å². The fourth-order valence-corrected chi connectivity index (χ4v) is 3.61. The molecule has 0 bridgehead atoms. The summed E-state index contributed by atoms with van der Waals surface area (Å²) >= 11 is 0. The number of nitrogens with one attached hydrogen (secondary N) is 1. The van der Waals surface area contributed by atoms with Gasteiger partial charge in [0.2, 0.25) is 5.91 Å². The highest BCUT2D eigenvalue weighted by atomic mass is 16.5. The second kappa shape index (κ2) is 5.68. The smallest absolute Gasteiger partial charge is 0.247 e. The molecule has 0 spiro atoms. The number of nitrogens with zero attached hydrogens (tertiary/aromatic N) is 1. The average molecular weight is 288 g/mol. The van der Waals surface area contributed by atoms with E-state index in [4.69, 9.17) is 4.74 Å². The highest BCUT2D eigenvalue weighted by Gasteiger charge is 2.42. The van der Waals surface area contributed by atoms with Crippen molar-refractivity contribution in [3.8, 4) is 5.75 Å². The molecule has 1 aromatic rings. The predicted molar refractivity (Wildman–Crippen MR) is 83.9 cm³/mol. The molecule has 3 rings (SSSR count). The van der Waals surface area contributed by atoms with E-state index in [0.29, 0.717) is 0 Å². The molecular formula is C17H24N2O2. The number of anilines is 1. The third-order valence-corrected chi connectivity index (χ3v) is 4.91. The van der Waals surface area contributed by atoms with Crippen LogP contribution in [0.25, 0.3) is 0 Å². The fourth-order valence-electron chi connectivity index (χ4n) is 3.61. The molecule has 2 heterocycles. The predicted octanol–water partition coefficient (Wildman–Crippen LogP) is 2.51. The Morgan fingerprint density at radius 2 is 2.29 bits per heavy atom. The van der Waals surface area contributed by atoms with Crippen LogP contribution in [0.3, 0.4) is 0 Å². The van der Waals surface area contributed by atoms with Crippen molar-refractivity contribution >= 4 is 11.6 Å². The Hall–Kier alpha value is -1.55. The minimum Gasteiger partial charge on any atom is -0.497 e. The Balaban J connectivity index is 1.92. The third-order valence-electron chi connectivity index (χ3n) is 4.91. The molecule has 114 valence electrons. The van der Waals surface area contributed by atoms with E-state index in [1.165, 1.54) is 5.56 Å². The van der Waals surface area contributed by atoms with Gasteiger partial charge in [-0.3, -0.25) is 4.79 Å². The summed E-state index contributed by atoms with van der Waals surface area (Å²) in [5, 5.41) is 3.45. The molecule has 1 atom stereocenters. The number of hydrogen-bond donors (Lipinski definition) is 1. The summed E-state index contributed by atoms with van der Waals surface area (Å²) < 4.78 is 5.30. The van der Waals surface area contributed by atoms with Gasteiger partial charge in [0.05, 0.1) is 12.6 Å². The lowest BCUT2D eigenvalue weighted by atomic mass is 9.90. The van der Waals surface area contributed by atoms with E-state index in [1.54, 1.807) is 7.11 Å². The first-order valence-electron chi connectivity index (χ1n) is 7.94. The number of methoxy groups -OCH3 is 1. The molecule has 1 fully saturated rings. The summed E-state index contributed by atoms with van der Waals surface area (Å²) in [5.74, 6) is 1.11. The van der Waals surface area contributed by atoms with E-state index in [1.807, 2.05) is 17.0 Å². The van der Waals surface area contributed by atoms with E-state index in [9.17, 15) is 4.79 Å². The van der Waals surface area contributed by atoms with Crippen LogP contribution in [0.1, 0.15) is 38.2 Å². The monoisotopic (exact) mass is 288 g/mol. The van der Waals surface area contributed by atoms with Crippen molar-refractivity contribution < 1.29 is 9.53 Å². The molecule has 2 aliphatic heterocycles. The van der Waals surface area contributed by atoms with Crippen LogP contribution in [0.4, 0.5) is 5.69 Å². The van der Waals surface area contributed by atoms with Crippen LogP contribution in [0.5, 0.6) is 5.75 Å². The fraction of sp³-hybridized carbons (Fsp3) is 0.588. The maximum Gasteiger partial charge on any atom is 0.247 e. The van der Waals surface area contributed by atoms with Crippen molar-refractivity contribution in [3.05, 3.63) is 23.8 Å². The number of benzene rings is 1. The van der Waals surface area contributed by atoms with Crippen molar-refractivity contribution in [1.82, 2.24) is 5.32 Å². The van der Waals surface area contributed by atoms with E-state index in [-0.39, 0.29) is 11.4 Å². The Morgan fingerprint density at radius 3 is 2.95 bits per heavy atom. The van der Waals surface area contributed by atoms with Gasteiger partial charge in [-0.25, -0.2) is 0 Å². The Labute approximate surface area is 126 Å². The molecule has 0 aromatic heterocycles. The van der Waals surface area contributed by atoms with Gasteiger partial charge in [-0.15, -0.1) is 0 Å². The summed E-state index contributed by atoms with van der Waals surface area (Å²) in [4.78, 5) is 15.1. The lowest BCUT2D eigenvalue weighted by molar-refractivity contribution is -0.124. The standard InChI is InChI=1S/C17H24N2O2/c1-3-17(9-5-10-18-17)16(20)19-11-4-6-13-12-14(21-2)7-8-15(13)19/h7-8,12,18H,3-6,9-11H2,1-2H3. The van der Waals surface area contributed by atoms with Crippen molar-refractivity contribution in [2.75, 3.05) is 25.1 Å². The molecule has 0 radical (unpaired) electrons. The number of carbonyl (C=O) groups excluding carboxylic acids is 1. The number of ether oxygens (including phenoxy) is 1. The van der Waals surface area contributed by atoms with E-state index in [0.717, 1.165) is 56.6 Å². The van der Waals surface area contributed by atoms with Gasteiger partial charge in [0, 0.05) is 12.2 Å². The van der Waals surface area contributed by atoms with Crippen molar-refractivity contribution in [2.24, 2.45) is 0 Å². The molecule has 1 saturated heterocycles. The molecule has 4 nitrogen and oxygen atoms in total. The number of amides is 1. The number of rotatable bonds is 3. The van der Waals surface area contributed by atoms with Gasteiger partial charge < -0.3 is 15.0 Å². The SMILES string of the molecule is CCC1(C(=O)N2CCCc3cc(OC)ccc32)CCCN1. The number of hydrogen-bond acceptors (Lipinski definition) is 3. The summed E-state index contributed by atoms with van der Waals surface area (Å²) in [6, 6.07) is 6.05. The van der Waals surface area contributed by atoms with Gasteiger partial charge >= 0.3 is 0 Å². The summed E-state index contributed by atoms with van der Waals surface area (Å²) in [5.41, 5.74) is 1.93. The van der Waals surface area contributed by atoms with Gasteiger partial charge in [0.25, 0.3) is 0 Å². The quantitative estimate of drug-likeness (QED) is 0.929. The van der Waals surface area contributed by atoms with Crippen LogP contribution >= 0.6 is 0 Å². The second-order valence-corrected chi connectivity index (χ2v) is 6.02. The molecule has 0 saturated carbocycles. The topological polar surface area (TPSA) is 41.6 Å². The summed E-state index contributed by atoms with van der Waals surface area (Å²) in [7, 11) is 1.68. The molecule has 2 aliphatic rings. The van der Waals surface area contributed by atoms with E-state index < -0.39 is 0 Å². The molecule has 1 aromatic carbocycles. The van der Waals surface area contributed by atoms with Crippen LogP contribution < -0.4 is 15.0 Å². The minimum absolute atomic E-state index is 0.244. The maximum atomic E-state index is 13.1. The van der Waals surface area contributed by atoms with Crippen LogP contribution in [0, 0.1) is 0 Å². The van der Waals surface area contributed by atoms with Crippen molar-refractivity contribution in [3.63, 3.8) is 0 Å². The zero-order valence-electron chi connectivity index (χ0n) is 12.9. The molecule has 1 N–H and O–H groups in total. The first-order valence-corrected chi connectivity index (χ1v) is 7.94. The highest BCUT2D eigenvalue weighted by molar-refractivity contribution is 6.01. The zero-order valence-corrected chi connectivity index (χ0v) is 12.9. The van der Waals surface area contributed by atoms with Crippen molar-refractivity contribution in [2.45, 2.75) is 44.6 Å². The van der Waals surface area contributed by atoms with Crippen LogP contribution in [0.2, 0.25) is 0 Å². The Bertz CT molecular complexity index is 536. The molecule has 1 amide bonds. The van der Waals surface area contributed by atoms with Crippen LogP contribution in [-0.2, 0) is 11.2 Å². The normalized spacial score (nSPS) is 24.8. The van der Waals surface area contributed by atoms with Crippen LogP contribution in [-0.4, -0.2) is 31.6 Å². The first kappa shape index (κ1) is 14.4.